The molecular weight excluding hydrogens is 502 g/mol. The molecule has 6 rings (SSSR count). The van der Waals surface area contributed by atoms with E-state index in [1.165, 1.54) is 12.1 Å². The van der Waals surface area contributed by atoms with Crippen LogP contribution in [0.3, 0.4) is 0 Å². The summed E-state index contributed by atoms with van der Waals surface area (Å²) in [5.74, 6) is -2.72. The van der Waals surface area contributed by atoms with Crippen molar-refractivity contribution in [3.05, 3.63) is 58.8 Å². The molecule has 1 atom stereocenters. The Labute approximate surface area is 226 Å². The minimum atomic E-state index is -3.42. The maximum absolute atomic E-state index is 14.9. The van der Waals surface area contributed by atoms with Crippen molar-refractivity contribution < 1.29 is 23.4 Å². The minimum Gasteiger partial charge on any atom is -0.384 e. The van der Waals surface area contributed by atoms with Gasteiger partial charge in [0, 0.05) is 41.3 Å². The van der Waals surface area contributed by atoms with Crippen LogP contribution in [-0.4, -0.2) is 46.1 Å². The fraction of sp³-hybridized carbons (Fsp3) is 0.500. The van der Waals surface area contributed by atoms with Crippen molar-refractivity contribution in [3.8, 4) is 0 Å². The second-order valence-corrected chi connectivity index (χ2v) is 11.8. The Hall–Kier alpha value is -3.17. The zero-order valence-corrected chi connectivity index (χ0v) is 22.7. The van der Waals surface area contributed by atoms with Crippen LogP contribution in [0.1, 0.15) is 74.9 Å². The molecule has 1 aromatic heterocycles. The molecule has 2 fully saturated rings. The molecule has 0 bridgehead atoms. The number of amides is 1. The van der Waals surface area contributed by atoms with Gasteiger partial charge in [0.1, 0.15) is 5.60 Å². The van der Waals surface area contributed by atoms with Crippen molar-refractivity contribution in [1.29, 1.82) is 0 Å². The molecule has 206 valence electrons. The van der Waals surface area contributed by atoms with Gasteiger partial charge in [-0.1, -0.05) is 18.2 Å². The smallest absolute Gasteiger partial charge is 0.300 e. The summed E-state index contributed by atoms with van der Waals surface area (Å²) >= 11 is 0. The van der Waals surface area contributed by atoms with Crippen LogP contribution in [0.15, 0.2) is 36.4 Å². The topological polar surface area (TPSA) is 87.6 Å². The number of ether oxygens (including phenoxy) is 1. The summed E-state index contributed by atoms with van der Waals surface area (Å²) in [5, 5.41) is 24.0. The largest absolute Gasteiger partial charge is 0.384 e. The lowest BCUT2D eigenvalue weighted by atomic mass is 9.74. The van der Waals surface area contributed by atoms with E-state index < -0.39 is 16.9 Å². The predicted molar refractivity (Wildman–Crippen MR) is 145 cm³/mol. The number of nitrogens with one attached hydrogen (secondary N) is 1. The molecule has 3 heterocycles. The maximum atomic E-state index is 14.9. The van der Waals surface area contributed by atoms with Gasteiger partial charge in [0.2, 0.25) is 5.91 Å². The van der Waals surface area contributed by atoms with Crippen molar-refractivity contribution in [2.75, 3.05) is 23.4 Å². The standard InChI is InChI=1S/C30H34F2N4O3/c1-17(19-6-5-7-20(14-19)30(31,32)28(3,4)38)33-26-23-16-25-24(15-22(23)18(2)34-35-26)29(10-12-39-13-11-29)27(37)36(25)21-8-9-21/h5-7,14-17,21,38H,8-13H2,1-4H3,(H,33,35)/t17-/m1/s1. The number of hydrogen-bond donors (Lipinski definition) is 2. The molecule has 39 heavy (non-hydrogen) atoms. The summed E-state index contributed by atoms with van der Waals surface area (Å²) in [7, 11) is 0. The molecule has 7 nitrogen and oxygen atoms in total. The average molecular weight is 537 g/mol. The third-order valence-corrected chi connectivity index (χ3v) is 8.61. The third kappa shape index (κ3) is 4.09. The van der Waals surface area contributed by atoms with Crippen LogP contribution in [0, 0.1) is 6.92 Å². The van der Waals surface area contributed by atoms with E-state index in [-0.39, 0.29) is 23.6 Å². The number of aromatic nitrogens is 2. The highest BCUT2D eigenvalue weighted by atomic mass is 19.3. The van der Waals surface area contributed by atoms with Crippen LogP contribution < -0.4 is 10.2 Å². The lowest BCUT2D eigenvalue weighted by Crippen LogP contribution is -2.44. The monoisotopic (exact) mass is 536 g/mol. The van der Waals surface area contributed by atoms with Crippen LogP contribution in [0.25, 0.3) is 10.8 Å². The first-order valence-corrected chi connectivity index (χ1v) is 13.6. The van der Waals surface area contributed by atoms with Gasteiger partial charge in [0.25, 0.3) is 0 Å². The second-order valence-electron chi connectivity index (χ2n) is 11.8. The van der Waals surface area contributed by atoms with Gasteiger partial charge in [0.15, 0.2) is 5.82 Å². The van der Waals surface area contributed by atoms with E-state index in [9.17, 15) is 18.7 Å². The van der Waals surface area contributed by atoms with Gasteiger partial charge in [-0.05, 0) is 82.7 Å². The van der Waals surface area contributed by atoms with E-state index >= 15 is 0 Å². The number of alkyl halides is 2. The molecule has 1 saturated carbocycles. The lowest BCUT2D eigenvalue weighted by molar-refractivity contribution is -0.168. The van der Waals surface area contributed by atoms with E-state index in [1.54, 1.807) is 12.1 Å². The number of rotatable bonds is 6. The number of aryl methyl sites for hydroxylation is 1. The highest BCUT2D eigenvalue weighted by Crippen LogP contribution is 2.53. The number of benzene rings is 2. The molecule has 0 unspecified atom stereocenters. The van der Waals surface area contributed by atoms with Crippen molar-refractivity contribution in [3.63, 3.8) is 0 Å². The van der Waals surface area contributed by atoms with Gasteiger partial charge >= 0.3 is 5.92 Å². The Morgan fingerprint density at radius 2 is 1.85 bits per heavy atom. The molecule has 3 aliphatic rings. The molecule has 2 aromatic carbocycles. The lowest BCUT2D eigenvalue weighted by Gasteiger charge is -2.32. The fourth-order valence-electron chi connectivity index (χ4n) is 6.00. The predicted octanol–water partition coefficient (Wildman–Crippen LogP) is 5.53. The van der Waals surface area contributed by atoms with E-state index in [0.29, 0.717) is 37.4 Å². The average Bonchev–Trinajstić information content (AvgIpc) is 3.72. The SMILES string of the molecule is Cc1nnc(N[C@H](C)c2cccc(C(F)(F)C(C)(C)O)c2)c2cc3c(cc12)C1(CCOCC1)C(=O)N3C1CC1. The molecule has 2 aliphatic heterocycles. The number of nitrogens with zero attached hydrogens (tertiary/aromatic N) is 3. The number of anilines is 2. The fourth-order valence-corrected chi connectivity index (χ4v) is 6.00. The van der Waals surface area contributed by atoms with Gasteiger partial charge < -0.3 is 20.1 Å². The summed E-state index contributed by atoms with van der Waals surface area (Å²) in [4.78, 5) is 15.9. The van der Waals surface area contributed by atoms with E-state index in [1.807, 2.05) is 18.7 Å². The summed E-state index contributed by atoms with van der Waals surface area (Å²) < 4.78 is 35.4. The Morgan fingerprint density at radius 1 is 1.13 bits per heavy atom. The first-order valence-electron chi connectivity index (χ1n) is 13.6. The Kier molecular flexibility index (Phi) is 5.97. The highest BCUT2D eigenvalue weighted by Gasteiger charge is 2.55. The minimum absolute atomic E-state index is 0.171. The molecule has 1 saturated heterocycles. The van der Waals surface area contributed by atoms with Gasteiger partial charge in [-0.15, -0.1) is 5.10 Å². The highest BCUT2D eigenvalue weighted by molar-refractivity contribution is 6.12. The molecule has 0 radical (unpaired) electrons. The normalized spacial score (nSPS) is 20.0. The van der Waals surface area contributed by atoms with Crippen molar-refractivity contribution in [2.24, 2.45) is 0 Å². The first kappa shape index (κ1) is 26.1. The zero-order chi connectivity index (χ0) is 27.7. The van der Waals surface area contributed by atoms with Crippen LogP contribution in [-0.2, 0) is 20.9 Å². The Bertz CT molecular complexity index is 1460. The van der Waals surface area contributed by atoms with E-state index in [0.717, 1.165) is 54.4 Å². The van der Waals surface area contributed by atoms with Crippen LogP contribution >= 0.6 is 0 Å². The molecule has 1 amide bonds. The summed E-state index contributed by atoms with van der Waals surface area (Å²) in [5.41, 5.74) is 0.361. The third-order valence-electron chi connectivity index (χ3n) is 8.61. The summed E-state index contributed by atoms with van der Waals surface area (Å²) in [6.45, 7) is 7.11. The summed E-state index contributed by atoms with van der Waals surface area (Å²) in [6, 6.07) is 10.1. The van der Waals surface area contributed by atoms with Crippen LogP contribution in [0.5, 0.6) is 0 Å². The van der Waals surface area contributed by atoms with Crippen LogP contribution in [0.4, 0.5) is 20.3 Å². The van der Waals surface area contributed by atoms with Gasteiger partial charge in [-0.25, -0.2) is 0 Å². The van der Waals surface area contributed by atoms with Crippen molar-refractivity contribution in [1.82, 2.24) is 10.2 Å². The number of carbonyl (C=O) groups excluding carboxylic acids is 1. The second kappa shape index (κ2) is 8.93. The van der Waals surface area contributed by atoms with Crippen LogP contribution in [0.2, 0.25) is 0 Å². The molecule has 1 aliphatic carbocycles. The maximum Gasteiger partial charge on any atom is 0.300 e. The van der Waals surface area contributed by atoms with Gasteiger partial charge in [-0.3, -0.25) is 4.79 Å². The van der Waals surface area contributed by atoms with Crippen molar-refractivity contribution >= 4 is 28.2 Å². The Morgan fingerprint density at radius 3 is 2.51 bits per heavy atom. The molecule has 9 heteroatoms. The summed E-state index contributed by atoms with van der Waals surface area (Å²) in [6.07, 6.45) is 3.33. The van der Waals surface area contributed by atoms with Crippen molar-refractivity contribution in [2.45, 2.75) is 82.4 Å². The molecular formula is C30H34F2N4O3. The molecule has 1 spiro atoms. The quantitative estimate of drug-likeness (QED) is 0.431. The Balaban J connectivity index is 1.41. The molecule has 2 N–H and O–H groups in total. The number of halogens is 2. The zero-order valence-electron chi connectivity index (χ0n) is 22.7. The van der Waals surface area contributed by atoms with Gasteiger partial charge in [0.05, 0.1) is 17.2 Å². The van der Waals surface area contributed by atoms with E-state index in [4.69, 9.17) is 4.74 Å². The van der Waals surface area contributed by atoms with Gasteiger partial charge in [-0.2, -0.15) is 13.9 Å². The number of carbonyl (C=O) groups is 1. The number of hydrogen-bond acceptors (Lipinski definition) is 6. The number of fused-ring (bicyclic) bond motifs is 3. The van der Waals surface area contributed by atoms with E-state index in [2.05, 4.69) is 27.6 Å². The first-order chi connectivity index (χ1) is 18.4. The molecule has 3 aromatic rings. The number of aliphatic hydroxyl groups is 1.